The smallest absolute Gasteiger partial charge is 0.313 e. The van der Waals surface area contributed by atoms with Crippen molar-refractivity contribution in [1.29, 1.82) is 0 Å². The molecule has 0 aliphatic carbocycles. The zero-order valence-electron chi connectivity index (χ0n) is 13.7. The van der Waals surface area contributed by atoms with Crippen LogP contribution in [0.15, 0.2) is 18.3 Å². The van der Waals surface area contributed by atoms with Crippen molar-refractivity contribution in [2.75, 3.05) is 6.61 Å². The third-order valence-electron chi connectivity index (χ3n) is 3.30. The summed E-state index contributed by atoms with van der Waals surface area (Å²) < 4.78 is 17.8. The number of pyridine rings is 1. The van der Waals surface area contributed by atoms with Gasteiger partial charge in [-0.2, -0.15) is 0 Å². The first-order chi connectivity index (χ1) is 10.2. The van der Waals surface area contributed by atoms with Crippen LogP contribution in [0.1, 0.15) is 58.6 Å². The molecule has 0 aromatic carbocycles. The van der Waals surface area contributed by atoms with Gasteiger partial charge in [0.1, 0.15) is 12.2 Å². The van der Waals surface area contributed by atoms with E-state index in [1.807, 2.05) is 0 Å². The number of ketones is 1. The second-order valence-corrected chi connectivity index (χ2v) is 6.50. The molecule has 1 aromatic rings. The van der Waals surface area contributed by atoms with Gasteiger partial charge in [-0.25, -0.2) is 4.39 Å². The number of carbonyl (C=O) groups excluding carboxylic acids is 2. The number of esters is 1. The van der Waals surface area contributed by atoms with Gasteiger partial charge in [0.05, 0.1) is 24.4 Å². The minimum absolute atomic E-state index is 0.0580. The van der Waals surface area contributed by atoms with E-state index in [0.29, 0.717) is 12.1 Å². The van der Waals surface area contributed by atoms with Crippen LogP contribution in [0.25, 0.3) is 0 Å². The molecule has 1 rings (SSSR count). The molecule has 5 heteroatoms. The fourth-order valence-corrected chi connectivity index (χ4v) is 2.12. The van der Waals surface area contributed by atoms with E-state index in [1.165, 1.54) is 12.1 Å². The minimum atomic E-state index is -0.532. The summed E-state index contributed by atoms with van der Waals surface area (Å²) in [5.41, 5.74) is 0.558. The lowest BCUT2D eigenvalue weighted by Gasteiger charge is -2.22. The number of rotatable bonds is 7. The first-order valence-corrected chi connectivity index (χ1v) is 7.52. The number of ether oxygens (including phenoxy) is 1. The van der Waals surface area contributed by atoms with Gasteiger partial charge in [-0.3, -0.25) is 14.6 Å². The highest BCUT2D eigenvalue weighted by Gasteiger charge is 2.26. The van der Waals surface area contributed by atoms with E-state index in [0.717, 1.165) is 12.6 Å². The maximum atomic E-state index is 13.0. The van der Waals surface area contributed by atoms with Gasteiger partial charge >= 0.3 is 5.97 Å². The summed E-state index contributed by atoms with van der Waals surface area (Å²) in [5, 5.41) is 0. The van der Waals surface area contributed by atoms with Crippen LogP contribution < -0.4 is 0 Å². The summed E-state index contributed by atoms with van der Waals surface area (Å²) in [5.74, 6) is -1.72. The fourth-order valence-electron chi connectivity index (χ4n) is 2.12. The Kier molecular flexibility index (Phi) is 6.65. The third-order valence-corrected chi connectivity index (χ3v) is 3.30. The molecule has 0 aliphatic rings. The van der Waals surface area contributed by atoms with Gasteiger partial charge in [0.2, 0.25) is 0 Å². The second kappa shape index (κ2) is 8.01. The average Bonchev–Trinajstić information content (AvgIpc) is 2.39. The lowest BCUT2D eigenvalue weighted by Crippen LogP contribution is -2.21. The summed E-state index contributed by atoms with van der Waals surface area (Å²) in [7, 11) is 0. The van der Waals surface area contributed by atoms with Crippen molar-refractivity contribution in [2.24, 2.45) is 5.41 Å². The number of hydrogen-bond donors (Lipinski definition) is 0. The maximum Gasteiger partial charge on any atom is 0.313 e. The van der Waals surface area contributed by atoms with E-state index in [9.17, 15) is 14.0 Å². The highest BCUT2D eigenvalue weighted by molar-refractivity contribution is 5.98. The van der Waals surface area contributed by atoms with Crippen LogP contribution in [-0.4, -0.2) is 23.3 Å². The lowest BCUT2D eigenvalue weighted by molar-refractivity contribution is -0.145. The van der Waals surface area contributed by atoms with Gasteiger partial charge in [-0.05, 0) is 37.3 Å². The standard InChI is InChI=1S/C17H24FNO3/c1-5-22-16(21)10-15(20)13(8-9-17(2,3)4)14-7-6-12(18)11-19-14/h6-7,11,13H,5,8-10H2,1-4H3. The molecule has 1 aromatic heterocycles. The van der Waals surface area contributed by atoms with Gasteiger partial charge in [0.15, 0.2) is 5.78 Å². The Morgan fingerprint density at radius 2 is 2.00 bits per heavy atom. The van der Waals surface area contributed by atoms with E-state index in [2.05, 4.69) is 25.8 Å². The monoisotopic (exact) mass is 309 g/mol. The molecular weight excluding hydrogens is 285 g/mol. The van der Waals surface area contributed by atoms with E-state index in [1.54, 1.807) is 6.92 Å². The molecule has 0 bridgehead atoms. The zero-order valence-corrected chi connectivity index (χ0v) is 13.7. The summed E-state index contributed by atoms with van der Waals surface area (Å²) in [6, 6.07) is 2.79. The molecule has 1 unspecified atom stereocenters. The molecular formula is C17H24FNO3. The van der Waals surface area contributed by atoms with Gasteiger partial charge in [-0.1, -0.05) is 20.8 Å². The first kappa shape index (κ1) is 18.3. The van der Waals surface area contributed by atoms with Crippen LogP contribution in [0, 0.1) is 11.2 Å². The Morgan fingerprint density at radius 3 is 2.50 bits per heavy atom. The topological polar surface area (TPSA) is 56.3 Å². The molecule has 0 fully saturated rings. The molecule has 1 atom stereocenters. The first-order valence-electron chi connectivity index (χ1n) is 7.52. The minimum Gasteiger partial charge on any atom is -0.466 e. The third kappa shape index (κ3) is 6.33. The SMILES string of the molecule is CCOC(=O)CC(=O)C(CCC(C)(C)C)c1ccc(F)cn1. The van der Waals surface area contributed by atoms with Gasteiger partial charge in [-0.15, -0.1) is 0 Å². The quantitative estimate of drug-likeness (QED) is 0.570. The van der Waals surface area contributed by atoms with Gasteiger partial charge in [0, 0.05) is 0 Å². The van der Waals surface area contributed by atoms with Gasteiger partial charge in [0.25, 0.3) is 0 Å². The largest absolute Gasteiger partial charge is 0.466 e. The molecule has 0 radical (unpaired) electrons. The Labute approximate surface area is 131 Å². The number of Topliss-reactive ketones (excluding diaryl/α,β-unsaturated/α-hetero) is 1. The molecule has 0 saturated heterocycles. The normalized spacial score (nSPS) is 12.8. The predicted octanol–water partition coefficient (Wildman–Crippen LogP) is 3.65. The summed E-state index contributed by atoms with van der Waals surface area (Å²) in [6.45, 7) is 8.18. The molecule has 0 aliphatic heterocycles. The fraction of sp³-hybridized carbons (Fsp3) is 0.588. The van der Waals surface area contributed by atoms with Crippen molar-refractivity contribution in [1.82, 2.24) is 4.98 Å². The van der Waals surface area contributed by atoms with Gasteiger partial charge < -0.3 is 4.74 Å². The number of nitrogens with zero attached hydrogens (tertiary/aromatic N) is 1. The molecule has 122 valence electrons. The zero-order chi connectivity index (χ0) is 16.8. The van der Waals surface area contributed by atoms with Crippen LogP contribution in [-0.2, 0) is 14.3 Å². The Hall–Kier alpha value is -1.78. The number of carbonyl (C=O) groups is 2. The number of hydrogen-bond acceptors (Lipinski definition) is 4. The lowest BCUT2D eigenvalue weighted by atomic mass is 9.83. The molecule has 0 spiro atoms. The average molecular weight is 309 g/mol. The molecule has 0 saturated carbocycles. The molecule has 22 heavy (non-hydrogen) atoms. The molecule has 0 amide bonds. The Bertz CT molecular complexity index is 506. The van der Waals surface area contributed by atoms with Crippen molar-refractivity contribution in [2.45, 2.75) is 52.9 Å². The van der Waals surface area contributed by atoms with Crippen molar-refractivity contribution in [3.63, 3.8) is 0 Å². The summed E-state index contributed by atoms with van der Waals surface area (Å²) >= 11 is 0. The maximum absolute atomic E-state index is 13.0. The van der Waals surface area contributed by atoms with Crippen LogP contribution in [0.2, 0.25) is 0 Å². The summed E-state index contributed by atoms with van der Waals surface area (Å²) in [4.78, 5) is 27.9. The number of aromatic nitrogens is 1. The Morgan fingerprint density at radius 1 is 1.32 bits per heavy atom. The molecule has 4 nitrogen and oxygen atoms in total. The van der Waals surface area contributed by atoms with E-state index in [-0.39, 0.29) is 24.2 Å². The van der Waals surface area contributed by atoms with Crippen LogP contribution in [0.5, 0.6) is 0 Å². The highest BCUT2D eigenvalue weighted by atomic mass is 19.1. The van der Waals surface area contributed by atoms with Crippen molar-refractivity contribution in [3.8, 4) is 0 Å². The number of halogens is 1. The van der Waals surface area contributed by atoms with Crippen molar-refractivity contribution in [3.05, 3.63) is 29.8 Å². The van der Waals surface area contributed by atoms with Crippen molar-refractivity contribution < 1.29 is 18.7 Å². The molecule has 1 heterocycles. The van der Waals surface area contributed by atoms with Crippen molar-refractivity contribution >= 4 is 11.8 Å². The van der Waals surface area contributed by atoms with Crippen LogP contribution in [0.4, 0.5) is 4.39 Å². The summed E-state index contributed by atoms with van der Waals surface area (Å²) in [6.07, 6.45) is 2.18. The van der Waals surface area contributed by atoms with Crippen LogP contribution in [0.3, 0.4) is 0 Å². The van der Waals surface area contributed by atoms with E-state index < -0.39 is 17.7 Å². The molecule has 0 N–H and O–H groups in total. The van der Waals surface area contributed by atoms with E-state index >= 15 is 0 Å². The highest BCUT2D eigenvalue weighted by Crippen LogP contribution is 2.29. The van der Waals surface area contributed by atoms with E-state index in [4.69, 9.17) is 4.74 Å². The van der Waals surface area contributed by atoms with Crippen LogP contribution >= 0.6 is 0 Å². The predicted molar refractivity (Wildman–Crippen MR) is 81.9 cm³/mol. The second-order valence-electron chi connectivity index (χ2n) is 6.50. The Balaban J connectivity index is 2.88.